The van der Waals surface area contributed by atoms with Crippen molar-refractivity contribution >= 4 is 6.21 Å². The molecule has 0 saturated carbocycles. The SMILES string of the molecule is CCCC=NNO. The van der Waals surface area contributed by atoms with Crippen molar-refractivity contribution in [3.05, 3.63) is 0 Å². The van der Waals surface area contributed by atoms with Gasteiger partial charge in [-0.1, -0.05) is 13.3 Å². The standard InChI is InChI=1S/C4H10N2O/c1-2-3-4-5-6-7/h4,6-7H,2-3H2,1H3. The number of hydrogen-bond acceptors (Lipinski definition) is 3. The van der Waals surface area contributed by atoms with Gasteiger partial charge in [0.15, 0.2) is 0 Å². The van der Waals surface area contributed by atoms with E-state index in [-0.39, 0.29) is 0 Å². The van der Waals surface area contributed by atoms with Crippen LogP contribution >= 0.6 is 0 Å². The molecule has 7 heavy (non-hydrogen) atoms. The van der Waals surface area contributed by atoms with Crippen LogP contribution in [0.25, 0.3) is 0 Å². The van der Waals surface area contributed by atoms with E-state index < -0.39 is 0 Å². The normalized spacial score (nSPS) is 10.0. The molecule has 0 spiro atoms. The highest BCUT2D eigenvalue weighted by molar-refractivity contribution is 5.56. The predicted molar refractivity (Wildman–Crippen MR) is 28.3 cm³/mol. The van der Waals surface area contributed by atoms with Gasteiger partial charge in [0.1, 0.15) is 0 Å². The maximum atomic E-state index is 7.84. The van der Waals surface area contributed by atoms with Gasteiger partial charge in [-0.05, 0) is 6.42 Å². The minimum atomic E-state index is 0.910. The van der Waals surface area contributed by atoms with Gasteiger partial charge in [-0.25, -0.2) is 0 Å². The van der Waals surface area contributed by atoms with E-state index in [1.807, 2.05) is 6.92 Å². The lowest BCUT2D eigenvalue weighted by Crippen LogP contribution is -1.94. The van der Waals surface area contributed by atoms with Crippen molar-refractivity contribution in [3.8, 4) is 0 Å². The minimum Gasteiger partial charge on any atom is -0.274 e. The third-order valence-corrected chi connectivity index (χ3v) is 0.567. The summed E-state index contributed by atoms with van der Waals surface area (Å²) in [7, 11) is 0. The van der Waals surface area contributed by atoms with E-state index in [9.17, 15) is 0 Å². The molecule has 0 aromatic rings. The molecule has 0 amide bonds. The van der Waals surface area contributed by atoms with Crippen LogP contribution in [-0.2, 0) is 0 Å². The van der Waals surface area contributed by atoms with Gasteiger partial charge in [0.05, 0.1) is 0 Å². The topological polar surface area (TPSA) is 44.6 Å². The third-order valence-electron chi connectivity index (χ3n) is 0.567. The molecule has 3 nitrogen and oxygen atoms in total. The zero-order valence-electron chi connectivity index (χ0n) is 4.39. The Labute approximate surface area is 43.0 Å². The van der Waals surface area contributed by atoms with Crippen molar-refractivity contribution in [2.75, 3.05) is 0 Å². The number of hydrazone groups is 1. The first kappa shape index (κ1) is 6.43. The molecule has 2 N–H and O–H groups in total. The van der Waals surface area contributed by atoms with Gasteiger partial charge < -0.3 is 0 Å². The van der Waals surface area contributed by atoms with Gasteiger partial charge in [0.2, 0.25) is 0 Å². The first-order valence-corrected chi connectivity index (χ1v) is 2.32. The molecule has 0 fully saturated rings. The van der Waals surface area contributed by atoms with Crippen molar-refractivity contribution in [1.82, 2.24) is 5.59 Å². The number of unbranched alkanes of at least 4 members (excludes halogenated alkanes) is 1. The summed E-state index contributed by atoms with van der Waals surface area (Å²) in [6.45, 7) is 2.05. The van der Waals surface area contributed by atoms with Crippen LogP contribution in [-0.4, -0.2) is 11.4 Å². The lowest BCUT2D eigenvalue weighted by molar-refractivity contribution is 0.172. The molecule has 0 saturated heterocycles. The largest absolute Gasteiger partial charge is 0.274 e. The summed E-state index contributed by atoms with van der Waals surface area (Å²) in [6, 6.07) is 0. The number of hydrogen-bond donors (Lipinski definition) is 2. The summed E-state index contributed by atoms with van der Waals surface area (Å²) in [6.07, 6.45) is 3.60. The monoisotopic (exact) mass is 102 g/mol. The second-order valence-corrected chi connectivity index (χ2v) is 1.20. The Morgan fingerprint density at radius 2 is 2.57 bits per heavy atom. The average molecular weight is 102 g/mol. The van der Waals surface area contributed by atoms with Gasteiger partial charge >= 0.3 is 0 Å². The first-order valence-electron chi connectivity index (χ1n) is 2.32. The number of rotatable bonds is 3. The Morgan fingerprint density at radius 3 is 3.00 bits per heavy atom. The lowest BCUT2D eigenvalue weighted by Gasteiger charge is -1.81. The molecule has 0 bridgehead atoms. The Hall–Kier alpha value is -0.570. The van der Waals surface area contributed by atoms with Crippen LogP contribution in [0.5, 0.6) is 0 Å². The molecule has 3 heteroatoms. The quantitative estimate of drug-likeness (QED) is 0.408. The second-order valence-electron chi connectivity index (χ2n) is 1.20. The molecule has 0 aromatic carbocycles. The van der Waals surface area contributed by atoms with E-state index in [0.717, 1.165) is 12.8 Å². The van der Waals surface area contributed by atoms with Gasteiger partial charge in [0, 0.05) is 6.21 Å². The van der Waals surface area contributed by atoms with E-state index in [1.54, 1.807) is 11.8 Å². The van der Waals surface area contributed by atoms with Crippen LogP contribution in [0.3, 0.4) is 0 Å². The summed E-state index contributed by atoms with van der Waals surface area (Å²) < 4.78 is 0. The fourth-order valence-corrected chi connectivity index (χ4v) is 0.234. The third kappa shape index (κ3) is 5.43. The van der Waals surface area contributed by atoms with E-state index in [2.05, 4.69) is 5.10 Å². The van der Waals surface area contributed by atoms with Crippen LogP contribution in [0.2, 0.25) is 0 Å². The van der Waals surface area contributed by atoms with Crippen molar-refractivity contribution < 1.29 is 5.21 Å². The molecule has 0 radical (unpaired) electrons. The summed E-state index contributed by atoms with van der Waals surface area (Å²) in [5.41, 5.74) is 1.67. The molecule has 0 aliphatic rings. The fourth-order valence-electron chi connectivity index (χ4n) is 0.234. The number of nitrogens with zero attached hydrogens (tertiary/aromatic N) is 1. The maximum Gasteiger partial charge on any atom is 0.0267 e. The van der Waals surface area contributed by atoms with Crippen LogP contribution in [0.15, 0.2) is 5.10 Å². The minimum absolute atomic E-state index is 0.910. The Kier molecular flexibility index (Phi) is 4.99. The molecule has 0 aromatic heterocycles. The smallest absolute Gasteiger partial charge is 0.0267 e. The van der Waals surface area contributed by atoms with Gasteiger partial charge in [-0.2, -0.15) is 10.7 Å². The molecule has 0 unspecified atom stereocenters. The highest BCUT2D eigenvalue weighted by Gasteiger charge is 1.68. The van der Waals surface area contributed by atoms with E-state index in [0.29, 0.717) is 0 Å². The molecule has 0 atom stereocenters. The van der Waals surface area contributed by atoms with Crippen molar-refractivity contribution in [2.24, 2.45) is 5.10 Å². The van der Waals surface area contributed by atoms with Crippen molar-refractivity contribution in [1.29, 1.82) is 0 Å². The molecule has 42 valence electrons. The number of nitrogens with one attached hydrogen (secondary N) is 1. The molecule has 0 heterocycles. The van der Waals surface area contributed by atoms with Gasteiger partial charge in [0.25, 0.3) is 0 Å². The average Bonchev–Trinajstić information content (AvgIpc) is 1.69. The fraction of sp³-hybridized carbons (Fsp3) is 0.750. The molecule has 0 aliphatic carbocycles. The van der Waals surface area contributed by atoms with Crippen molar-refractivity contribution in [3.63, 3.8) is 0 Å². The van der Waals surface area contributed by atoms with E-state index >= 15 is 0 Å². The molecule has 0 rings (SSSR count). The predicted octanol–water partition coefficient (Wildman–Crippen LogP) is 0.751. The molecule has 0 aliphatic heterocycles. The zero-order chi connectivity index (χ0) is 5.54. The molecular weight excluding hydrogens is 92.1 g/mol. The zero-order valence-corrected chi connectivity index (χ0v) is 4.39. The highest BCUT2D eigenvalue weighted by atomic mass is 16.5. The van der Waals surface area contributed by atoms with Crippen LogP contribution < -0.4 is 5.59 Å². The van der Waals surface area contributed by atoms with Crippen LogP contribution in [0, 0.1) is 0 Å². The van der Waals surface area contributed by atoms with Gasteiger partial charge in [-0.3, -0.25) is 5.21 Å². The summed E-state index contributed by atoms with van der Waals surface area (Å²) in [4.78, 5) is 0. The van der Waals surface area contributed by atoms with E-state index in [4.69, 9.17) is 5.21 Å². The maximum absolute atomic E-state index is 7.84. The van der Waals surface area contributed by atoms with Crippen LogP contribution in [0.1, 0.15) is 19.8 Å². The Morgan fingerprint density at radius 1 is 1.86 bits per heavy atom. The summed E-state index contributed by atoms with van der Waals surface area (Å²) >= 11 is 0. The van der Waals surface area contributed by atoms with Crippen LogP contribution in [0.4, 0.5) is 0 Å². The van der Waals surface area contributed by atoms with Gasteiger partial charge in [-0.15, -0.1) is 0 Å². The summed E-state index contributed by atoms with van der Waals surface area (Å²) in [5.74, 6) is 0. The lowest BCUT2D eigenvalue weighted by atomic mass is 10.4. The Bertz CT molecular complexity index is 53.7. The first-order chi connectivity index (χ1) is 3.41. The Balaban J connectivity index is 2.78. The summed E-state index contributed by atoms with van der Waals surface area (Å²) in [5, 5.41) is 11.2. The second kappa shape index (κ2) is 5.43. The highest BCUT2D eigenvalue weighted by Crippen LogP contribution is 1.77. The van der Waals surface area contributed by atoms with E-state index in [1.165, 1.54) is 0 Å². The molecular formula is C4H10N2O. The van der Waals surface area contributed by atoms with Crippen molar-refractivity contribution in [2.45, 2.75) is 19.8 Å².